The monoisotopic (exact) mass is 363 g/mol. The van der Waals surface area contributed by atoms with Crippen LogP contribution < -0.4 is 5.32 Å². The van der Waals surface area contributed by atoms with Gasteiger partial charge >= 0.3 is 0 Å². The highest BCUT2D eigenvalue weighted by Gasteiger charge is 2.42. The second-order valence-electron chi connectivity index (χ2n) is 6.90. The Morgan fingerprint density at radius 3 is 2.77 bits per heavy atom. The molecule has 3 heterocycles. The van der Waals surface area contributed by atoms with E-state index in [-0.39, 0.29) is 18.1 Å². The summed E-state index contributed by atoms with van der Waals surface area (Å²) in [4.78, 5) is 12.8. The van der Waals surface area contributed by atoms with Crippen LogP contribution >= 0.6 is 0 Å². The minimum Gasteiger partial charge on any atom is -0.381 e. The van der Waals surface area contributed by atoms with E-state index in [1.807, 2.05) is 13.8 Å². The molecular formula is C18H25N3O5. The van der Waals surface area contributed by atoms with E-state index in [0.717, 1.165) is 17.0 Å². The Bertz CT molecular complexity index is 655. The van der Waals surface area contributed by atoms with Gasteiger partial charge in [-0.15, -0.1) is 0 Å². The zero-order valence-corrected chi connectivity index (χ0v) is 15.2. The Balaban J connectivity index is 1.63. The number of hydrogen-bond acceptors (Lipinski definition) is 7. The van der Waals surface area contributed by atoms with Crippen molar-refractivity contribution in [1.29, 1.82) is 5.26 Å². The third-order valence-corrected chi connectivity index (χ3v) is 5.23. The summed E-state index contributed by atoms with van der Waals surface area (Å²) in [7, 11) is 0. The number of rotatable bonds is 5. The van der Waals surface area contributed by atoms with Crippen molar-refractivity contribution in [3.63, 3.8) is 0 Å². The van der Waals surface area contributed by atoms with Crippen LogP contribution in [-0.2, 0) is 25.6 Å². The number of amides is 1. The smallest absolute Gasteiger partial charge is 0.241 e. The number of hydrogen-bond donors (Lipinski definition) is 1. The van der Waals surface area contributed by atoms with Crippen molar-refractivity contribution in [2.45, 2.75) is 51.9 Å². The van der Waals surface area contributed by atoms with E-state index < -0.39 is 5.41 Å². The van der Waals surface area contributed by atoms with Crippen LogP contribution in [0.4, 0.5) is 0 Å². The molecular weight excluding hydrogens is 338 g/mol. The van der Waals surface area contributed by atoms with Gasteiger partial charge in [0.2, 0.25) is 5.91 Å². The van der Waals surface area contributed by atoms with Crippen molar-refractivity contribution in [3.8, 4) is 6.07 Å². The molecule has 0 radical (unpaired) electrons. The second kappa shape index (κ2) is 8.16. The molecule has 3 rings (SSSR count). The lowest BCUT2D eigenvalue weighted by Crippen LogP contribution is -2.55. The molecule has 8 heteroatoms. The number of nitrogens with zero attached hydrogens (tertiary/aromatic N) is 2. The molecule has 0 aromatic carbocycles. The molecule has 0 spiro atoms. The van der Waals surface area contributed by atoms with Gasteiger partial charge in [-0.1, -0.05) is 5.16 Å². The Morgan fingerprint density at radius 2 is 2.12 bits per heavy atom. The minimum atomic E-state index is -1.03. The van der Waals surface area contributed by atoms with Gasteiger partial charge in [0, 0.05) is 25.4 Å². The van der Waals surface area contributed by atoms with Crippen molar-refractivity contribution < 1.29 is 23.5 Å². The molecule has 2 atom stereocenters. The Kier molecular flexibility index (Phi) is 5.91. The van der Waals surface area contributed by atoms with Gasteiger partial charge in [-0.05, 0) is 33.1 Å². The summed E-state index contributed by atoms with van der Waals surface area (Å²) in [5.41, 5.74) is 0.710. The van der Waals surface area contributed by atoms with Crippen LogP contribution in [0.3, 0.4) is 0 Å². The normalized spacial score (nSPS) is 25.4. The Morgan fingerprint density at radius 1 is 1.35 bits per heavy atom. The third-order valence-electron chi connectivity index (χ3n) is 5.23. The van der Waals surface area contributed by atoms with Crippen LogP contribution in [0.5, 0.6) is 0 Å². The molecule has 1 aromatic heterocycles. The quantitative estimate of drug-likeness (QED) is 0.842. The maximum absolute atomic E-state index is 12.8. The highest BCUT2D eigenvalue weighted by Crippen LogP contribution is 2.30. The topological polar surface area (TPSA) is 107 Å². The molecule has 26 heavy (non-hydrogen) atoms. The Labute approximate surface area is 152 Å². The van der Waals surface area contributed by atoms with Gasteiger partial charge in [-0.2, -0.15) is 5.26 Å². The number of nitrogens with one attached hydrogen (secondary N) is 1. The third kappa shape index (κ3) is 3.90. The van der Waals surface area contributed by atoms with Crippen LogP contribution in [0, 0.1) is 30.6 Å². The van der Waals surface area contributed by atoms with Crippen LogP contribution in [0.15, 0.2) is 4.52 Å². The van der Waals surface area contributed by atoms with E-state index in [0.29, 0.717) is 52.3 Å². The lowest BCUT2D eigenvalue weighted by Gasteiger charge is -2.35. The zero-order valence-electron chi connectivity index (χ0n) is 15.2. The second-order valence-corrected chi connectivity index (χ2v) is 6.90. The first-order chi connectivity index (χ1) is 12.6. The van der Waals surface area contributed by atoms with Crippen molar-refractivity contribution in [2.24, 2.45) is 5.41 Å². The molecule has 142 valence electrons. The summed E-state index contributed by atoms with van der Waals surface area (Å²) in [6.45, 7) is 5.90. The molecule has 1 N–H and O–H groups in total. The first-order valence-electron chi connectivity index (χ1n) is 8.97. The number of nitriles is 1. The van der Waals surface area contributed by atoms with E-state index >= 15 is 0 Å². The molecule has 1 amide bonds. The SMILES string of the molecule is Cc1noc(C)c1CO[C@H]1CCOC[C@H]1NC(=O)C1(C#N)CCOCC1. The molecule has 1 aromatic rings. The summed E-state index contributed by atoms with van der Waals surface area (Å²) in [6, 6.07) is 1.91. The summed E-state index contributed by atoms with van der Waals surface area (Å²) >= 11 is 0. The maximum Gasteiger partial charge on any atom is 0.241 e. The average molecular weight is 363 g/mol. The standard InChI is InChI=1S/C18H25N3O5/c1-12-14(13(2)26-21-12)9-25-16-3-6-24-10-15(16)20-17(22)18(11-19)4-7-23-8-5-18/h15-16H,3-10H2,1-2H3,(H,20,22)/t15-,16+/m1/s1. The molecule has 0 bridgehead atoms. The molecule has 2 aliphatic rings. The molecule has 0 unspecified atom stereocenters. The fraction of sp³-hybridized carbons (Fsp3) is 0.722. The predicted octanol–water partition coefficient (Wildman–Crippen LogP) is 1.40. The van der Waals surface area contributed by atoms with Crippen LogP contribution in [0.1, 0.15) is 36.3 Å². The van der Waals surface area contributed by atoms with Crippen LogP contribution in [0.2, 0.25) is 0 Å². The average Bonchev–Trinajstić information content (AvgIpc) is 2.99. The zero-order chi connectivity index (χ0) is 18.6. The predicted molar refractivity (Wildman–Crippen MR) is 90.0 cm³/mol. The number of carbonyl (C=O) groups excluding carboxylic acids is 1. The Hall–Kier alpha value is -1.95. The van der Waals surface area contributed by atoms with Gasteiger partial charge < -0.3 is 24.1 Å². The molecule has 0 aliphatic carbocycles. The van der Waals surface area contributed by atoms with Crippen LogP contribution in [0.25, 0.3) is 0 Å². The van der Waals surface area contributed by atoms with E-state index in [4.69, 9.17) is 18.7 Å². The number of carbonyl (C=O) groups is 1. The summed E-state index contributed by atoms with van der Waals surface area (Å²) < 4.78 is 22.0. The molecule has 8 nitrogen and oxygen atoms in total. The van der Waals surface area contributed by atoms with E-state index in [2.05, 4.69) is 16.5 Å². The van der Waals surface area contributed by atoms with Crippen molar-refractivity contribution >= 4 is 5.91 Å². The number of ether oxygens (including phenoxy) is 3. The fourth-order valence-corrected chi connectivity index (χ4v) is 3.37. The van der Waals surface area contributed by atoms with Crippen molar-refractivity contribution in [3.05, 3.63) is 17.0 Å². The van der Waals surface area contributed by atoms with Gasteiger partial charge in [0.05, 0.1) is 37.1 Å². The van der Waals surface area contributed by atoms with E-state index in [1.165, 1.54) is 0 Å². The van der Waals surface area contributed by atoms with Crippen molar-refractivity contribution in [2.75, 3.05) is 26.4 Å². The molecule has 2 fully saturated rings. The lowest BCUT2D eigenvalue weighted by molar-refractivity contribution is -0.137. The summed E-state index contributed by atoms with van der Waals surface area (Å²) in [5, 5.41) is 16.5. The first kappa shape index (κ1) is 18.8. The van der Waals surface area contributed by atoms with Gasteiger partial charge in [-0.25, -0.2) is 0 Å². The van der Waals surface area contributed by atoms with Gasteiger partial charge in [0.1, 0.15) is 11.2 Å². The van der Waals surface area contributed by atoms with E-state index in [1.54, 1.807) is 0 Å². The maximum atomic E-state index is 12.8. The number of aromatic nitrogens is 1. The van der Waals surface area contributed by atoms with Gasteiger partial charge in [0.25, 0.3) is 0 Å². The lowest BCUT2D eigenvalue weighted by atomic mass is 9.80. The molecule has 2 aliphatic heterocycles. The van der Waals surface area contributed by atoms with Crippen LogP contribution in [-0.4, -0.2) is 49.6 Å². The summed E-state index contributed by atoms with van der Waals surface area (Å²) in [5.74, 6) is 0.477. The summed E-state index contributed by atoms with van der Waals surface area (Å²) in [6.07, 6.45) is 1.31. The van der Waals surface area contributed by atoms with Crippen molar-refractivity contribution in [1.82, 2.24) is 10.5 Å². The highest BCUT2D eigenvalue weighted by atomic mass is 16.5. The molecule has 0 saturated carbocycles. The minimum absolute atomic E-state index is 0.183. The van der Waals surface area contributed by atoms with Gasteiger partial charge in [-0.3, -0.25) is 4.79 Å². The highest BCUT2D eigenvalue weighted by molar-refractivity contribution is 5.85. The molecule has 2 saturated heterocycles. The first-order valence-corrected chi connectivity index (χ1v) is 8.97. The fourth-order valence-electron chi connectivity index (χ4n) is 3.37. The number of aryl methyl sites for hydroxylation is 2. The van der Waals surface area contributed by atoms with Gasteiger partial charge in [0.15, 0.2) is 0 Å². The van der Waals surface area contributed by atoms with E-state index in [9.17, 15) is 10.1 Å². The largest absolute Gasteiger partial charge is 0.381 e.